The molecule has 2 fully saturated rings. The van der Waals surface area contributed by atoms with Crippen LogP contribution in [0.1, 0.15) is 37.8 Å². The molecule has 0 radical (unpaired) electrons. The number of likely N-dealkylation sites (tertiary alicyclic amines) is 1. The Bertz CT molecular complexity index is 367. The van der Waals surface area contributed by atoms with E-state index in [-0.39, 0.29) is 0 Å². The summed E-state index contributed by atoms with van der Waals surface area (Å²) in [5.74, 6) is 0. The normalized spacial score (nSPS) is 25.7. The molecule has 18 heavy (non-hydrogen) atoms. The summed E-state index contributed by atoms with van der Waals surface area (Å²) in [5.41, 5.74) is 1.09. The van der Waals surface area contributed by atoms with Gasteiger partial charge in [0.15, 0.2) is 0 Å². The Labute approximate surface area is 108 Å². The van der Waals surface area contributed by atoms with Gasteiger partial charge < -0.3 is 4.74 Å². The second kappa shape index (κ2) is 5.80. The molecule has 0 N–H and O–H groups in total. The van der Waals surface area contributed by atoms with E-state index in [1.165, 1.54) is 38.8 Å². The first-order chi connectivity index (χ1) is 8.90. The van der Waals surface area contributed by atoms with Gasteiger partial charge in [0.1, 0.15) is 0 Å². The molecule has 0 bridgehead atoms. The van der Waals surface area contributed by atoms with Gasteiger partial charge in [0.25, 0.3) is 0 Å². The van der Waals surface area contributed by atoms with Crippen molar-refractivity contribution < 1.29 is 4.74 Å². The zero-order chi connectivity index (χ0) is 12.2. The van der Waals surface area contributed by atoms with Crippen molar-refractivity contribution in [2.45, 2.75) is 51.3 Å². The minimum atomic E-state index is 0.333. The van der Waals surface area contributed by atoms with Gasteiger partial charge in [-0.15, -0.1) is 5.10 Å². The van der Waals surface area contributed by atoms with E-state index in [2.05, 4.69) is 21.4 Å². The Morgan fingerprint density at radius 2 is 2.11 bits per heavy atom. The van der Waals surface area contributed by atoms with Crippen molar-refractivity contribution in [1.29, 1.82) is 0 Å². The zero-order valence-electron chi connectivity index (χ0n) is 10.9. The zero-order valence-corrected chi connectivity index (χ0v) is 10.9. The van der Waals surface area contributed by atoms with Gasteiger partial charge in [0.2, 0.25) is 0 Å². The summed E-state index contributed by atoms with van der Waals surface area (Å²) >= 11 is 0. The van der Waals surface area contributed by atoms with Crippen LogP contribution in [0, 0.1) is 0 Å². The average Bonchev–Trinajstić information content (AvgIpc) is 3.03. The van der Waals surface area contributed by atoms with Crippen LogP contribution in [0.3, 0.4) is 0 Å². The van der Waals surface area contributed by atoms with E-state index in [0.29, 0.717) is 6.10 Å². The van der Waals surface area contributed by atoms with Crippen LogP contribution in [0.25, 0.3) is 0 Å². The van der Waals surface area contributed by atoms with Crippen LogP contribution in [0.15, 0.2) is 6.20 Å². The highest BCUT2D eigenvalue weighted by Gasteiger charge is 2.17. The summed E-state index contributed by atoms with van der Waals surface area (Å²) in [6, 6.07) is 0. The van der Waals surface area contributed by atoms with Gasteiger partial charge in [0, 0.05) is 19.3 Å². The Morgan fingerprint density at radius 3 is 2.89 bits per heavy atom. The van der Waals surface area contributed by atoms with Crippen LogP contribution in [0.4, 0.5) is 0 Å². The van der Waals surface area contributed by atoms with Gasteiger partial charge in [-0.25, -0.2) is 4.68 Å². The van der Waals surface area contributed by atoms with Crippen molar-refractivity contribution in [3.63, 3.8) is 0 Å². The first-order valence-corrected chi connectivity index (χ1v) is 7.13. The lowest BCUT2D eigenvalue weighted by Crippen LogP contribution is -2.24. The van der Waals surface area contributed by atoms with Crippen LogP contribution in [-0.2, 0) is 17.8 Å². The Balaban J connectivity index is 1.52. The summed E-state index contributed by atoms with van der Waals surface area (Å²) < 4.78 is 7.67. The quantitative estimate of drug-likeness (QED) is 0.811. The monoisotopic (exact) mass is 250 g/mol. The molecular formula is C13H22N4O. The summed E-state index contributed by atoms with van der Waals surface area (Å²) in [4.78, 5) is 2.45. The highest BCUT2D eigenvalue weighted by Crippen LogP contribution is 2.15. The summed E-state index contributed by atoms with van der Waals surface area (Å²) in [5, 5.41) is 8.47. The molecular weight excluding hydrogens is 228 g/mol. The van der Waals surface area contributed by atoms with Gasteiger partial charge in [-0.05, 0) is 45.2 Å². The predicted molar refractivity (Wildman–Crippen MR) is 68.1 cm³/mol. The molecule has 5 heteroatoms. The second-order valence-electron chi connectivity index (χ2n) is 5.40. The number of nitrogens with zero attached hydrogens (tertiary/aromatic N) is 4. The van der Waals surface area contributed by atoms with Gasteiger partial charge in [-0.3, -0.25) is 4.90 Å². The largest absolute Gasteiger partial charge is 0.376 e. The van der Waals surface area contributed by atoms with Gasteiger partial charge in [-0.1, -0.05) is 5.21 Å². The molecule has 2 aliphatic heterocycles. The van der Waals surface area contributed by atoms with E-state index in [0.717, 1.165) is 31.8 Å². The van der Waals surface area contributed by atoms with Crippen molar-refractivity contribution in [1.82, 2.24) is 19.9 Å². The van der Waals surface area contributed by atoms with Crippen molar-refractivity contribution in [2.24, 2.45) is 0 Å². The molecule has 100 valence electrons. The fraction of sp³-hybridized carbons (Fsp3) is 0.846. The van der Waals surface area contributed by atoms with Crippen LogP contribution in [0.5, 0.6) is 0 Å². The molecule has 0 aliphatic carbocycles. The van der Waals surface area contributed by atoms with E-state index >= 15 is 0 Å². The fourth-order valence-electron chi connectivity index (χ4n) is 2.83. The van der Waals surface area contributed by atoms with Crippen LogP contribution >= 0.6 is 0 Å². The number of hydrogen-bond acceptors (Lipinski definition) is 4. The van der Waals surface area contributed by atoms with Crippen LogP contribution in [-0.4, -0.2) is 45.7 Å². The minimum absolute atomic E-state index is 0.333. The average molecular weight is 250 g/mol. The number of aromatic nitrogens is 3. The molecule has 3 rings (SSSR count). The number of rotatable bonds is 4. The Kier molecular flexibility index (Phi) is 3.90. The van der Waals surface area contributed by atoms with Crippen molar-refractivity contribution in [3.8, 4) is 0 Å². The van der Waals surface area contributed by atoms with Crippen molar-refractivity contribution >= 4 is 0 Å². The molecule has 2 saturated heterocycles. The minimum Gasteiger partial charge on any atom is -0.376 e. The topological polar surface area (TPSA) is 43.2 Å². The van der Waals surface area contributed by atoms with Crippen LogP contribution in [0.2, 0.25) is 0 Å². The van der Waals surface area contributed by atoms with Gasteiger partial charge in [0.05, 0.1) is 18.3 Å². The first-order valence-electron chi connectivity index (χ1n) is 7.13. The smallest absolute Gasteiger partial charge is 0.0967 e. The maximum absolute atomic E-state index is 5.73. The third-order valence-corrected chi connectivity index (χ3v) is 3.84. The first kappa shape index (κ1) is 12.1. The highest BCUT2D eigenvalue weighted by atomic mass is 16.5. The lowest BCUT2D eigenvalue weighted by Gasteiger charge is -2.21. The lowest BCUT2D eigenvalue weighted by atomic mass is 10.1. The molecule has 5 nitrogen and oxygen atoms in total. The molecule has 0 spiro atoms. The fourth-order valence-corrected chi connectivity index (χ4v) is 2.83. The molecule has 0 saturated carbocycles. The molecule has 3 heterocycles. The Morgan fingerprint density at radius 1 is 1.22 bits per heavy atom. The maximum Gasteiger partial charge on any atom is 0.0967 e. The summed E-state index contributed by atoms with van der Waals surface area (Å²) in [6.45, 7) is 5.12. The van der Waals surface area contributed by atoms with E-state index < -0.39 is 0 Å². The van der Waals surface area contributed by atoms with E-state index in [1.807, 2.05) is 4.68 Å². The molecule has 1 aromatic heterocycles. The van der Waals surface area contributed by atoms with E-state index in [9.17, 15) is 0 Å². The molecule has 2 aliphatic rings. The van der Waals surface area contributed by atoms with Gasteiger partial charge >= 0.3 is 0 Å². The predicted octanol–water partition coefficient (Wildman–Crippen LogP) is 1.44. The molecule has 0 amide bonds. The number of ether oxygens (including phenoxy) is 1. The molecule has 0 aromatic carbocycles. The van der Waals surface area contributed by atoms with E-state index in [1.54, 1.807) is 0 Å². The Hall–Kier alpha value is -0.940. The number of hydrogen-bond donors (Lipinski definition) is 0. The summed E-state index contributed by atoms with van der Waals surface area (Å²) in [6.07, 6.45) is 8.69. The van der Waals surface area contributed by atoms with Crippen molar-refractivity contribution in [2.75, 3.05) is 19.7 Å². The summed E-state index contributed by atoms with van der Waals surface area (Å²) in [7, 11) is 0. The van der Waals surface area contributed by atoms with E-state index in [4.69, 9.17) is 4.74 Å². The highest BCUT2D eigenvalue weighted by molar-refractivity contribution is 4.93. The SMILES string of the molecule is c1c(CN2CCCC2)nnn1CC1CCCCO1. The maximum atomic E-state index is 5.73. The third-order valence-electron chi connectivity index (χ3n) is 3.84. The van der Waals surface area contributed by atoms with Crippen molar-refractivity contribution in [3.05, 3.63) is 11.9 Å². The standard InChI is InChI=1S/C13H22N4O/c1-4-8-18-13(5-1)11-17-10-12(14-15-17)9-16-6-2-3-7-16/h10,13H,1-9,11H2. The van der Waals surface area contributed by atoms with Gasteiger partial charge in [-0.2, -0.15) is 0 Å². The second-order valence-corrected chi connectivity index (χ2v) is 5.40. The molecule has 1 unspecified atom stereocenters. The third kappa shape index (κ3) is 3.09. The van der Waals surface area contributed by atoms with Crippen LogP contribution < -0.4 is 0 Å². The lowest BCUT2D eigenvalue weighted by molar-refractivity contribution is 0.00369. The molecule has 1 atom stereocenters. The molecule has 1 aromatic rings.